The second kappa shape index (κ2) is 6.66. The molecule has 3 aromatic rings. The van der Waals surface area contributed by atoms with E-state index in [1.54, 1.807) is 36.5 Å². The highest BCUT2D eigenvalue weighted by Crippen LogP contribution is 2.31. The third-order valence-corrected chi connectivity index (χ3v) is 3.93. The van der Waals surface area contributed by atoms with Crippen LogP contribution in [0.15, 0.2) is 42.7 Å². The molecule has 1 aromatic carbocycles. The molecule has 0 radical (unpaired) electrons. The number of likely N-dealkylation sites (N-methyl/N-ethyl adjacent to an activating group) is 1. The van der Waals surface area contributed by atoms with Crippen molar-refractivity contribution in [3.8, 4) is 0 Å². The van der Waals surface area contributed by atoms with Crippen LogP contribution < -0.4 is 4.90 Å². The Hall–Kier alpha value is -2.70. The van der Waals surface area contributed by atoms with Crippen molar-refractivity contribution in [3.05, 3.63) is 59.7 Å². The molecular weight excluding hydrogens is 329 g/mol. The molecule has 0 spiro atoms. The summed E-state index contributed by atoms with van der Waals surface area (Å²) in [5.74, 6) is -0.829. The molecule has 0 saturated heterocycles. The van der Waals surface area contributed by atoms with Gasteiger partial charge in [-0.1, -0.05) is 11.6 Å². The van der Waals surface area contributed by atoms with Gasteiger partial charge in [0.15, 0.2) is 0 Å². The second-order valence-electron chi connectivity index (χ2n) is 5.92. The second-order valence-corrected chi connectivity index (χ2v) is 5.92. The minimum Gasteiger partial charge on any atom is -0.359 e. The Balaban J connectivity index is 1.98. The van der Waals surface area contributed by atoms with Crippen molar-refractivity contribution in [2.24, 2.45) is 0 Å². The Bertz CT molecular complexity index is 879. The summed E-state index contributed by atoms with van der Waals surface area (Å²) >= 11 is 0. The highest BCUT2D eigenvalue weighted by molar-refractivity contribution is 5.90. The number of alkyl halides is 3. The van der Waals surface area contributed by atoms with E-state index in [4.69, 9.17) is 0 Å². The highest BCUT2D eigenvalue weighted by atomic mass is 19.4. The number of aromatic nitrogens is 3. The van der Waals surface area contributed by atoms with Gasteiger partial charge in [-0.15, -0.1) is 0 Å². The smallest absolute Gasteiger partial charge is 0.359 e. The molecule has 0 atom stereocenters. The lowest BCUT2D eigenvalue weighted by Gasteiger charge is -2.21. The number of rotatable bonds is 4. The van der Waals surface area contributed by atoms with E-state index in [-0.39, 0.29) is 5.82 Å². The van der Waals surface area contributed by atoms with Crippen LogP contribution in [0.1, 0.15) is 17.0 Å². The van der Waals surface area contributed by atoms with E-state index in [2.05, 4.69) is 15.0 Å². The maximum absolute atomic E-state index is 13.1. The van der Waals surface area contributed by atoms with Crippen LogP contribution in [0.2, 0.25) is 0 Å². The fraction of sp³-hybridized carbons (Fsp3) is 0.278. The topological polar surface area (TPSA) is 41.9 Å². The summed E-state index contributed by atoms with van der Waals surface area (Å²) in [5, 5.41) is 0.616. The molecule has 25 heavy (non-hydrogen) atoms. The molecule has 0 aliphatic rings. The van der Waals surface area contributed by atoms with Gasteiger partial charge in [0.2, 0.25) is 5.82 Å². The molecule has 7 heteroatoms. The van der Waals surface area contributed by atoms with Gasteiger partial charge in [0.25, 0.3) is 0 Å². The van der Waals surface area contributed by atoms with Crippen molar-refractivity contribution < 1.29 is 13.2 Å². The first-order chi connectivity index (χ1) is 11.8. The van der Waals surface area contributed by atoms with Crippen LogP contribution in [-0.4, -0.2) is 28.5 Å². The number of halogens is 3. The lowest BCUT2D eigenvalue weighted by molar-refractivity contribution is -0.144. The van der Waals surface area contributed by atoms with Gasteiger partial charge in [-0.3, -0.25) is 4.98 Å². The fourth-order valence-electron chi connectivity index (χ4n) is 2.60. The van der Waals surface area contributed by atoms with E-state index in [1.807, 2.05) is 25.1 Å². The number of fused-ring (bicyclic) bond motifs is 1. The Labute approximate surface area is 143 Å². The van der Waals surface area contributed by atoms with E-state index in [1.165, 1.54) is 0 Å². The molecule has 2 aromatic heterocycles. The Morgan fingerprint density at radius 1 is 1.04 bits per heavy atom. The lowest BCUT2D eigenvalue weighted by atomic mass is 10.1. The number of hydrogen-bond acceptors (Lipinski definition) is 4. The van der Waals surface area contributed by atoms with E-state index < -0.39 is 12.0 Å². The Kier molecular flexibility index (Phi) is 4.57. The van der Waals surface area contributed by atoms with E-state index >= 15 is 0 Å². The number of nitrogens with zero attached hydrogens (tertiary/aromatic N) is 4. The zero-order chi connectivity index (χ0) is 18.0. The van der Waals surface area contributed by atoms with Crippen LogP contribution in [0.4, 0.5) is 19.0 Å². The van der Waals surface area contributed by atoms with Gasteiger partial charge in [0.05, 0.1) is 5.52 Å². The zero-order valence-electron chi connectivity index (χ0n) is 13.9. The van der Waals surface area contributed by atoms with E-state index in [0.717, 1.165) is 11.1 Å². The lowest BCUT2D eigenvalue weighted by Crippen LogP contribution is -2.24. The molecule has 0 saturated carbocycles. The number of pyridine rings is 1. The van der Waals surface area contributed by atoms with Gasteiger partial charge >= 0.3 is 6.18 Å². The van der Waals surface area contributed by atoms with Crippen LogP contribution in [0.3, 0.4) is 0 Å². The van der Waals surface area contributed by atoms with Gasteiger partial charge in [0.1, 0.15) is 5.82 Å². The van der Waals surface area contributed by atoms with Crippen LogP contribution in [0, 0.1) is 6.92 Å². The largest absolute Gasteiger partial charge is 0.451 e. The van der Waals surface area contributed by atoms with Gasteiger partial charge < -0.3 is 4.90 Å². The molecule has 3 rings (SSSR count). The number of anilines is 1. The maximum atomic E-state index is 13.1. The monoisotopic (exact) mass is 346 g/mol. The van der Waals surface area contributed by atoms with Crippen molar-refractivity contribution in [2.75, 3.05) is 18.5 Å². The summed E-state index contributed by atoms with van der Waals surface area (Å²) in [6.07, 6.45) is -0.515. The first kappa shape index (κ1) is 17.1. The molecule has 0 bridgehead atoms. The Morgan fingerprint density at radius 2 is 1.76 bits per heavy atom. The van der Waals surface area contributed by atoms with Gasteiger partial charge in [-0.25, -0.2) is 9.97 Å². The summed E-state index contributed by atoms with van der Waals surface area (Å²) in [7, 11) is 1.74. The third-order valence-electron chi connectivity index (χ3n) is 3.93. The highest BCUT2D eigenvalue weighted by Gasteiger charge is 2.35. The average Bonchev–Trinajstić information content (AvgIpc) is 2.58. The number of hydrogen-bond donors (Lipinski definition) is 0. The van der Waals surface area contributed by atoms with Crippen LogP contribution >= 0.6 is 0 Å². The number of aryl methyl sites for hydroxylation is 1. The molecule has 0 amide bonds. The summed E-state index contributed by atoms with van der Waals surface area (Å²) in [6, 6.07) is 8.93. The average molecular weight is 346 g/mol. The van der Waals surface area contributed by atoms with Crippen LogP contribution in [0.5, 0.6) is 0 Å². The van der Waals surface area contributed by atoms with Crippen molar-refractivity contribution in [1.82, 2.24) is 15.0 Å². The SMILES string of the molecule is Cc1ccc2nc(C(F)(F)F)nc(N(C)CCc3ccncc3)c2c1. The molecular formula is C18H17F3N4. The summed E-state index contributed by atoms with van der Waals surface area (Å²) in [5.41, 5.74) is 2.30. The van der Waals surface area contributed by atoms with Crippen LogP contribution in [0.25, 0.3) is 10.9 Å². The maximum Gasteiger partial charge on any atom is 0.451 e. The Morgan fingerprint density at radius 3 is 2.44 bits per heavy atom. The normalized spacial score (nSPS) is 11.7. The summed E-state index contributed by atoms with van der Waals surface area (Å²) in [6.45, 7) is 2.42. The van der Waals surface area contributed by atoms with Crippen molar-refractivity contribution in [2.45, 2.75) is 19.5 Å². The summed E-state index contributed by atoms with van der Waals surface area (Å²) < 4.78 is 39.4. The minimum atomic E-state index is -4.58. The zero-order valence-corrected chi connectivity index (χ0v) is 13.9. The molecule has 2 heterocycles. The standard InChI is InChI=1S/C18H17F3N4/c1-12-3-4-15-14(11-12)16(24-17(23-15)18(19,20)21)25(2)10-7-13-5-8-22-9-6-13/h3-6,8-9,11H,7,10H2,1-2H3. The molecule has 4 nitrogen and oxygen atoms in total. The minimum absolute atomic E-state index is 0.287. The molecule has 0 aliphatic heterocycles. The van der Waals surface area contributed by atoms with Crippen molar-refractivity contribution in [3.63, 3.8) is 0 Å². The molecule has 0 aliphatic carbocycles. The molecule has 0 unspecified atom stereocenters. The van der Waals surface area contributed by atoms with Crippen LogP contribution in [-0.2, 0) is 12.6 Å². The fourth-order valence-corrected chi connectivity index (χ4v) is 2.60. The quantitative estimate of drug-likeness (QED) is 0.715. The predicted octanol–water partition coefficient (Wildman–Crippen LogP) is 4.03. The first-order valence-electron chi connectivity index (χ1n) is 7.80. The number of benzene rings is 1. The van der Waals surface area contributed by atoms with Gasteiger partial charge in [0, 0.05) is 31.4 Å². The first-order valence-corrected chi connectivity index (χ1v) is 7.80. The third kappa shape index (κ3) is 3.87. The van der Waals surface area contributed by atoms with E-state index in [0.29, 0.717) is 23.9 Å². The molecule has 0 N–H and O–H groups in total. The van der Waals surface area contributed by atoms with Crippen molar-refractivity contribution >= 4 is 16.7 Å². The van der Waals surface area contributed by atoms with Gasteiger partial charge in [-0.2, -0.15) is 13.2 Å². The van der Waals surface area contributed by atoms with Crippen molar-refractivity contribution in [1.29, 1.82) is 0 Å². The summed E-state index contributed by atoms with van der Waals surface area (Å²) in [4.78, 5) is 13.2. The molecule has 0 fully saturated rings. The molecule has 130 valence electrons. The van der Waals surface area contributed by atoms with Gasteiger partial charge in [-0.05, 0) is 43.2 Å². The van der Waals surface area contributed by atoms with E-state index in [9.17, 15) is 13.2 Å². The predicted molar refractivity (Wildman–Crippen MR) is 90.5 cm³/mol.